The average molecular weight is 433 g/mol. The highest BCUT2D eigenvalue weighted by molar-refractivity contribution is 6.37. The van der Waals surface area contributed by atoms with Gasteiger partial charge in [0.25, 0.3) is 0 Å². The normalized spacial score (nSPS) is 18.3. The molecule has 2 heterocycles. The van der Waals surface area contributed by atoms with Gasteiger partial charge in [-0.15, -0.1) is 0 Å². The summed E-state index contributed by atoms with van der Waals surface area (Å²) in [5.41, 5.74) is 6.63. The minimum atomic E-state index is -0.367. The van der Waals surface area contributed by atoms with Crippen LogP contribution in [0.1, 0.15) is 44.4 Å². The first-order valence-electron chi connectivity index (χ1n) is 8.69. The number of nitrogens with zero attached hydrogens (tertiary/aromatic N) is 2. The van der Waals surface area contributed by atoms with Crippen LogP contribution in [0.5, 0.6) is 11.6 Å². The highest BCUT2D eigenvalue weighted by Crippen LogP contribution is 2.38. The molecule has 3 rings (SSSR count). The predicted molar refractivity (Wildman–Crippen MR) is 106 cm³/mol. The largest absolute Gasteiger partial charge is 0.434 e. The predicted octanol–water partition coefficient (Wildman–Crippen LogP) is 5.81. The second kappa shape index (κ2) is 9.26. The number of nitrogens with two attached hydrogens (primary N) is 1. The molecule has 0 bridgehead atoms. The number of benzene rings is 1. The fourth-order valence-electron chi connectivity index (χ4n) is 2.76. The Morgan fingerprint density at radius 1 is 1.26 bits per heavy atom. The van der Waals surface area contributed by atoms with Crippen molar-refractivity contribution in [2.24, 2.45) is 0 Å². The smallest absolute Gasteiger partial charge is 0.238 e. The van der Waals surface area contributed by atoms with E-state index in [1.165, 1.54) is 6.20 Å². The van der Waals surface area contributed by atoms with Gasteiger partial charge in [0.2, 0.25) is 5.88 Å². The van der Waals surface area contributed by atoms with Crippen LogP contribution in [0.25, 0.3) is 0 Å². The standard InChI is InChI=1S/C18H20Cl3N3O3/c1-2-13(26-15-5-3-4-6-25-15)16-18(21)23-9-14(24-16)27-17-11(19)7-10(22)8-12(17)20/h7-9,13,15H,2-6,22H2,1H3. The number of rotatable bonds is 6. The van der Waals surface area contributed by atoms with Crippen LogP contribution in [-0.4, -0.2) is 22.9 Å². The maximum absolute atomic E-state index is 6.26. The summed E-state index contributed by atoms with van der Waals surface area (Å²) in [6, 6.07) is 3.09. The van der Waals surface area contributed by atoms with Crippen LogP contribution in [-0.2, 0) is 9.47 Å². The second-order valence-corrected chi connectivity index (χ2v) is 7.30. The number of nitrogen functional groups attached to an aromatic ring is 1. The van der Waals surface area contributed by atoms with Crippen LogP contribution in [0.15, 0.2) is 18.3 Å². The van der Waals surface area contributed by atoms with Crippen molar-refractivity contribution < 1.29 is 14.2 Å². The van der Waals surface area contributed by atoms with Gasteiger partial charge in [0.15, 0.2) is 17.2 Å². The van der Waals surface area contributed by atoms with E-state index >= 15 is 0 Å². The van der Waals surface area contributed by atoms with Crippen molar-refractivity contribution in [2.75, 3.05) is 12.3 Å². The number of halogens is 3. The fourth-order valence-corrected chi connectivity index (χ4v) is 3.56. The van der Waals surface area contributed by atoms with Gasteiger partial charge < -0.3 is 19.9 Å². The summed E-state index contributed by atoms with van der Waals surface area (Å²) < 4.78 is 17.4. The van der Waals surface area contributed by atoms with Gasteiger partial charge >= 0.3 is 0 Å². The third kappa shape index (κ3) is 5.15. The summed E-state index contributed by atoms with van der Waals surface area (Å²) in [5.74, 6) is 0.453. The van der Waals surface area contributed by atoms with Gasteiger partial charge in [-0.2, -0.15) is 0 Å². The Kier molecular flexibility index (Phi) is 7.00. The molecule has 9 heteroatoms. The molecular formula is C18H20Cl3N3O3. The molecule has 0 radical (unpaired) electrons. The lowest BCUT2D eigenvalue weighted by Crippen LogP contribution is -2.25. The summed E-state index contributed by atoms with van der Waals surface area (Å²) in [6.45, 7) is 2.67. The second-order valence-electron chi connectivity index (χ2n) is 6.13. The van der Waals surface area contributed by atoms with Crippen molar-refractivity contribution in [1.29, 1.82) is 0 Å². The van der Waals surface area contributed by atoms with Gasteiger partial charge in [-0.05, 0) is 37.8 Å². The molecule has 1 aliphatic rings. The first kappa shape index (κ1) is 20.4. The highest BCUT2D eigenvalue weighted by Gasteiger charge is 2.24. The van der Waals surface area contributed by atoms with E-state index in [1.807, 2.05) is 6.92 Å². The van der Waals surface area contributed by atoms with Gasteiger partial charge in [0.05, 0.1) is 16.2 Å². The van der Waals surface area contributed by atoms with Crippen molar-refractivity contribution in [1.82, 2.24) is 9.97 Å². The number of anilines is 1. The van der Waals surface area contributed by atoms with E-state index in [0.717, 1.165) is 19.3 Å². The molecule has 2 atom stereocenters. The molecule has 0 spiro atoms. The molecule has 1 aromatic heterocycles. The van der Waals surface area contributed by atoms with Crippen LogP contribution in [0.4, 0.5) is 5.69 Å². The van der Waals surface area contributed by atoms with Crippen molar-refractivity contribution in [3.63, 3.8) is 0 Å². The van der Waals surface area contributed by atoms with E-state index in [4.69, 9.17) is 54.7 Å². The molecule has 1 saturated heterocycles. The Morgan fingerprint density at radius 3 is 2.63 bits per heavy atom. The zero-order valence-corrected chi connectivity index (χ0v) is 17.0. The molecule has 0 saturated carbocycles. The lowest BCUT2D eigenvalue weighted by Gasteiger charge is -2.27. The van der Waals surface area contributed by atoms with Gasteiger partial charge in [0.1, 0.15) is 11.8 Å². The zero-order valence-electron chi connectivity index (χ0n) is 14.8. The van der Waals surface area contributed by atoms with Crippen LogP contribution in [0.2, 0.25) is 15.2 Å². The Bertz CT molecular complexity index is 778. The summed E-state index contributed by atoms with van der Waals surface area (Å²) in [4.78, 5) is 8.62. The lowest BCUT2D eigenvalue weighted by molar-refractivity contribution is -0.191. The molecule has 2 aromatic rings. The first-order valence-corrected chi connectivity index (χ1v) is 9.83. The molecular weight excluding hydrogens is 413 g/mol. The Hall–Kier alpha value is -1.31. The topological polar surface area (TPSA) is 79.5 Å². The quantitative estimate of drug-likeness (QED) is 0.581. The zero-order chi connectivity index (χ0) is 19.4. The van der Waals surface area contributed by atoms with E-state index in [-0.39, 0.29) is 39.2 Å². The monoisotopic (exact) mass is 431 g/mol. The Balaban J connectivity index is 1.83. The van der Waals surface area contributed by atoms with Crippen molar-refractivity contribution in [2.45, 2.75) is 45.0 Å². The minimum Gasteiger partial charge on any atom is -0.434 e. The molecule has 1 fully saturated rings. The van der Waals surface area contributed by atoms with Crippen molar-refractivity contribution >= 4 is 40.5 Å². The molecule has 27 heavy (non-hydrogen) atoms. The molecule has 1 aliphatic heterocycles. The van der Waals surface area contributed by atoms with E-state index in [1.54, 1.807) is 12.1 Å². The summed E-state index contributed by atoms with van der Waals surface area (Å²) in [5, 5.41) is 0.800. The number of ether oxygens (including phenoxy) is 3. The highest BCUT2D eigenvalue weighted by atomic mass is 35.5. The summed E-state index contributed by atoms with van der Waals surface area (Å²) in [7, 11) is 0. The molecule has 6 nitrogen and oxygen atoms in total. The maximum atomic E-state index is 6.26. The van der Waals surface area contributed by atoms with Gasteiger partial charge in [-0.3, -0.25) is 0 Å². The fraction of sp³-hybridized carbons (Fsp3) is 0.444. The third-order valence-electron chi connectivity index (χ3n) is 4.09. The lowest BCUT2D eigenvalue weighted by atomic mass is 10.2. The molecule has 0 aliphatic carbocycles. The van der Waals surface area contributed by atoms with E-state index in [0.29, 0.717) is 24.4 Å². The number of aromatic nitrogens is 2. The summed E-state index contributed by atoms with van der Waals surface area (Å²) >= 11 is 18.6. The molecule has 2 unspecified atom stereocenters. The van der Waals surface area contributed by atoms with Crippen molar-refractivity contribution in [3.05, 3.63) is 39.2 Å². The van der Waals surface area contributed by atoms with Crippen LogP contribution >= 0.6 is 34.8 Å². The average Bonchev–Trinajstić information content (AvgIpc) is 2.65. The van der Waals surface area contributed by atoms with Crippen LogP contribution < -0.4 is 10.5 Å². The van der Waals surface area contributed by atoms with Gasteiger partial charge in [-0.1, -0.05) is 41.7 Å². The summed E-state index contributed by atoms with van der Waals surface area (Å²) in [6.07, 6.45) is 4.37. The SMILES string of the molecule is CCC(OC1CCCCO1)c1nc(Oc2c(Cl)cc(N)cc2Cl)cnc1Cl. The van der Waals surface area contributed by atoms with Crippen LogP contribution in [0, 0.1) is 0 Å². The number of hydrogen-bond acceptors (Lipinski definition) is 6. The first-order chi connectivity index (χ1) is 13.0. The number of hydrogen-bond donors (Lipinski definition) is 1. The van der Waals surface area contributed by atoms with Crippen molar-refractivity contribution in [3.8, 4) is 11.6 Å². The third-order valence-corrected chi connectivity index (χ3v) is 4.94. The van der Waals surface area contributed by atoms with Gasteiger partial charge in [-0.25, -0.2) is 9.97 Å². The molecule has 1 aromatic carbocycles. The Morgan fingerprint density at radius 2 is 2.00 bits per heavy atom. The van der Waals surface area contributed by atoms with E-state index in [2.05, 4.69) is 9.97 Å². The minimum absolute atomic E-state index is 0.203. The van der Waals surface area contributed by atoms with Crippen LogP contribution in [0.3, 0.4) is 0 Å². The Labute approximate surface area is 172 Å². The van der Waals surface area contributed by atoms with Gasteiger partial charge in [0, 0.05) is 12.3 Å². The van der Waals surface area contributed by atoms with E-state index in [9.17, 15) is 0 Å². The molecule has 0 amide bonds. The molecule has 146 valence electrons. The van der Waals surface area contributed by atoms with E-state index < -0.39 is 0 Å². The maximum Gasteiger partial charge on any atom is 0.238 e. The molecule has 2 N–H and O–H groups in total.